The van der Waals surface area contributed by atoms with E-state index in [0.29, 0.717) is 11.8 Å². The fraction of sp³-hybridized carbons (Fsp3) is 0.706. The number of hydrogen-bond acceptors (Lipinski definition) is 9. The minimum Gasteiger partial charge on any atom is -0.465 e. The molecule has 1 aliphatic rings. The molecule has 28 heavy (non-hydrogen) atoms. The normalized spacial score (nSPS) is 21.2. The number of carbonyl (C=O) groups excluding carboxylic acids is 5. The van der Waals surface area contributed by atoms with Gasteiger partial charge in [0.2, 0.25) is 5.91 Å². The monoisotopic (exact) mass is 418 g/mol. The number of amides is 2. The predicted octanol–water partition coefficient (Wildman–Crippen LogP) is -0.866. The number of nitrogens with one attached hydrogen (secondary N) is 2. The van der Waals surface area contributed by atoms with Crippen LogP contribution in [0.4, 0.5) is 0 Å². The summed E-state index contributed by atoms with van der Waals surface area (Å²) in [6.45, 7) is 4.41. The Kier molecular flexibility index (Phi) is 9.39. The third-order valence-corrected chi connectivity index (χ3v) is 4.55. The zero-order valence-electron chi connectivity index (χ0n) is 16.1. The molecule has 0 bridgehead atoms. The van der Waals surface area contributed by atoms with Crippen LogP contribution < -0.4 is 10.6 Å². The van der Waals surface area contributed by atoms with E-state index >= 15 is 0 Å². The molecular weight excluding hydrogens is 392 g/mol. The molecule has 0 aromatic heterocycles. The quantitative estimate of drug-likeness (QED) is 0.383. The van der Waals surface area contributed by atoms with Crippen molar-refractivity contribution in [3.63, 3.8) is 0 Å². The standard InChI is InChI=1S/C17H26N2O8S/c1-10(20)8-12(22)26-9-17(2,3)13-14(23)19-5-4-11(21)18-6-7-28-16(25)15(24)27-13/h10,13,20H,4-9H2,1-3H3,(H,18,21)(H,19,23)/t10-,13+/m1/s1. The number of aliphatic hydroxyl groups is 1. The number of carbonyl (C=O) groups is 5. The van der Waals surface area contributed by atoms with Crippen LogP contribution in [0.25, 0.3) is 0 Å². The summed E-state index contributed by atoms with van der Waals surface area (Å²) in [5.41, 5.74) is -1.17. The molecule has 158 valence electrons. The van der Waals surface area contributed by atoms with E-state index in [9.17, 15) is 29.1 Å². The highest BCUT2D eigenvalue weighted by Gasteiger charge is 2.41. The minimum atomic E-state index is -1.42. The van der Waals surface area contributed by atoms with Crippen molar-refractivity contribution < 1.29 is 38.6 Å². The largest absolute Gasteiger partial charge is 0.465 e. The molecule has 3 N–H and O–H groups in total. The number of ether oxygens (including phenoxy) is 2. The van der Waals surface area contributed by atoms with Crippen LogP contribution in [0.5, 0.6) is 0 Å². The van der Waals surface area contributed by atoms with Gasteiger partial charge in [0.15, 0.2) is 6.10 Å². The third-order valence-electron chi connectivity index (χ3n) is 3.72. The average Bonchev–Trinajstić information content (AvgIpc) is 2.60. The molecule has 0 spiro atoms. The number of hydrogen-bond donors (Lipinski definition) is 3. The maximum absolute atomic E-state index is 12.5. The van der Waals surface area contributed by atoms with Gasteiger partial charge in [0.05, 0.1) is 12.5 Å². The van der Waals surface area contributed by atoms with E-state index in [2.05, 4.69) is 10.6 Å². The van der Waals surface area contributed by atoms with E-state index in [4.69, 9.17) is 9.47 Å². The molecule has 1 aliphatic heterocycles. The Morgan fingerprint density at radius 3 is 2.61 bits per heavy atom. The second-order valence-electron chi connectivity index (χ2n) is 7.01. The first kappa shape index (κ1) is 23.9. The maximum atomic E-state index is 12.5. The van der Waals surface area contributed by atoms with Crippen molar-refractivity contribution >= 4 is 40.6 Å². The molecule has 2 atom stereocenters. The lowest BCUT2D eigenvalue weighted by Crippen LogP contribution is -2.49. The van der Waals surface area contributed by atoms with E-state index in [1.165, 1.54) is 20.8 Å². The van der Waals surface area contributed by atoms with Gasteiger partial charge >= 0.3 is 11.9 Å². The molecule has 0 aromatic rings. The van der Waals surface area contributed by atoms with Gasteiger partial charge in [-0.3, -0.25) is 19.2 Å². The van der Waals surface area contributed by atoms with E-state index in [1.54, 1.807) is 0 Å². The number of thioether (sulfide) groups is 1. The minimum absolute atomic E-state index is 0.0116. The number of aliphatic hydroxyl groups excluding tert-OH is 1. The van der Waals surface area contributed by atoms with Crippen LogP contribution in [0.1, 0.15) is 33.6 Å². The summed E-state index contributed by atoms with van der Waals surface area (Å²) in [5.74, 6) is -2.70. The second-order valence-corrected chi connectivity index (χ2v) is 8.08. The molecule has 0 aliphatic carbocycles. The van der Waals surface area contributed by atoms with Gasteiger partial charge in [0, 0.05) is 30.7 Å². The third kappa shape index (κ3) is 8.26. The van der Waals surface area contributed by atoms with Gasteiger partial charge in [0.25, 0.3) is 11.0 Å². The Hall–Kier alpha value is -2.14. The SMILES string of the molecule is C[C@@H](O)CC(=O)OCC(C)(C)[C@H]1OC(=O)C(=O)SCCNC(=O)CCNC1=O. The zero-order chi connectivity index (χ0) is 21.3. The van der Waals surface area contributed by atoms with Crippen LogP contribution in [0.15, 0.2) is 0 Å². The van der Waals surface area contributed by atoms with Crippen molar-refractivity contribution in [2.45, 2.75) is 45.8 Å². The second kappa shape index (κ2) is 11.0. The van der Waals surface area contributed by atoms with Gasteiger partial charge < -0.3 is 25.2 Å². The Balaban J connectivity index is 2.91. The van der Waals surface area contributed by atoms with E-state index in [-0.39, 0.29) is 44.2 Å². The average molecular weight is 418 g/mol. The number of esters is 2. The van der Waals surface area contributed by atoms with Crippen LogP contribution in [0.3, 0.4) is 0 Å². The van der Waals surface area contributed by atoms with Gasteiger partial charge in [-0.2, -0.15) is 0 Å². The molecule has 1 saturated heterocycles. The Morgan fingerprint density at radius 2 is 1.96 bits per heavy atom. The fourth-order valence-electron chi connectivity index (χ4n) is 2.24. The summed E-state index contributed by atoms with van der Waals surface area (Å²) < 4.78 is 10.2. The number of rotatable bonds is 5. The van der Waals surface area contributed by atoms with E-state index in [0.717, 1.165) is 0 Å². The Bertz CT molecular complexity index is 620. The van der Waals surface area contributed by atoms with Crippen LogP contribution in [0, 0.1) is 5.41 Å². The van der Waals surface area contributed by atoms with Crippen molar-refractivity contribution in [3.8, 4) is 0 Å². The van der Waals surface area contributed by atoms with Gasteiger partial charge in [0.1, 0.15) is 6.61 Å². The number of cyclic esters (lactones) is 1. The highest BCUT2D eigenvalue weighted by atomic mass is 32.2. The molecule has 2 amide bonds. The summed E-state index contributed by atoms with van der Waals surface area (Å²) in [4.78, 5) is 59.8. The summed E-state index contributed by atoms with van der Waals surface area (Å²) in [6, 6.07) is 0. The molecule has 1 rings (SSSR count). The fourth-order valence-corrected chi connectivity index (χ4v) is 2.79. The van der Waals surface area contributed by atoms with Crippen molar-refractivity contribution in [3.05, 3.63) is 0 Å². The summed E-state index contributed by atoms with van der Waals surface area (Å²) >= 11 is 0.674. The topological polar surface area (TPSA) is 148 Å². The van der Waals surface area contributed by atoms with Crippen LogP contribution in [-0.2, 0) is 33.4 Å². The first-order valence-electron chi connectivity index (χ1n) is 8.78. The molecule has 1 fully saturated rings. The van der Waals surface area contributed by atoms with Crippen LogP contribution >= 0.6 is 11.8 Å². The Morgan fingerprint density at radius 1 is 1.29 bits per heavy atom. The van der Waals surface area contributed by atoms with Crippen molar-refractivity contribution in [1.82, 2.24) is 10.6 Å². The van der Waals surface area contributed by atoms with E-state index in [1.807, 2.05) is 0 Å². The van der Waals surface area contributed by atoms with Crippen LogP contribution in [0.2, 0.25) is 0 Å². The maximum Gasteiger partial charge on any atom is 0.386 e. The lowest BCUT2D eigenvalue weighted by atomic mass is 9.86. The smallest absolute Gasteiger partial charge is 0.386 e. The Labute approximate surface area is 167 Å². The first-order chi connectivity index (χ1) is 13.0. The summed E-state index contributed by atoms with van der Waals surface area (Å²) in [7, 11) is 0. The lowest BCUT2D eigenvalue weighted by Gasteiger charge is -2.32. The van der Waals surface area contributed by atoms with Gasteiger partial charge in [-0.1, -0.05) is 25.6 Å². The molecule has 10 nitrogen and oxygen atoms in total. The molecule has 1 heterocycles. The molecule has 0 aromatic carbocycles. The van der Waals surface area contributed by atoms with Gasteiger partial charge in [-0.05, 0) is 6.92 Å². The molecule has 0 unspecified atom stereocenters. The van der Waals surface area contributed by atoms with Crippen molar-refractivity contribution in [1.29, 1.82) is 0 Å². The van der Waals surface area contributed by atoms with E-state index < -0.39 is 40.6 Å². The molecular formula is C17H26N2O8S. The zero-order valence-corrected chi connectivity index (χ0v) is 16.9. The molecule has 0 radical (unpaired) electrons. The lowest BCUT2D eigenvalue weighted by molar-refractivity contribution is -0.170. The summed E-state index contributed by atoms with van der Waals surface area (Å²) in [6.07, 6.45) is -2.51. The highest BCUT2D eigenvalue weighted by Crippen LogP contribution is 2.25. The van der Waals surface area contributed by atoms with Gasteiger partial charge in [-0.25, -0.2) is 4.79 Å². The molecule has 11 heteroatoms. The predicted molar refractivity (Wildman–Crippen MR) is 99.0 cm³/mol. The van der Waals surface area contributed by atoms with Crippen molar-refractivity contribution in [2.24, 2.45) is 5.41 Å². The van der Waals surface area contributed by atoms with Crippen LogP contribution in [-0.4, -0.2) is 71.6 Å². The highest BCUT2D eigenvalue weighted by molar-refractivity contribution is 8.15. The van der Waals surface area contributed by atoms with Gasteiger partial charge in [-0.15, -0.1) is 0 Å². The first-order valence-corrected chi connectivity index (χ1v) is 9.77. The summed E-state index contributed by atoms with van der Waals surface area (Å²) in [5, 5.41) is 13.4. The molecule has 0 saturated carbocycles. The van der Waals surface area contributed by atoms with Crippen molar-refractivity contribution in [2.75, 3.05) is 25.4 Å².